The number of anilines is 1. The summed E-state index contributed by atoms with van der Waals surface area (Å²) in [6.45, 7) is 1.72. The Morgan fingerprint density at radius 2 is 2.00 bits per heavy atom. The molecule has 4 rings (SSSR count). The van der Waals surface area contributed by atoms with Crippen LogP contribution in [0.2, 0.25) is 0 Å². The Labute approximate surface area is 126 Å². The highest BCUT2D eigenvalue weighted by Gasteiger charge is 2.37. The van der Waals surface area contributed by atoms with Gasteiger partial charge in [0.1, 0.15) is 5.82 Å². The van der Waals surface area contributed by atoms with E-state index in [1.54, 1.807) is 0 Å². The minimum atomic E-state index is 0.570. The number of aromatic nitrogens is 1. The van der Waals surface area contributed by atoms with E-state index in [1.165, 1.54) is 43.1 Å². The zero-order chi connectivity index (χ0) is 14.2. The quantitative estimate of drug-likeness (QED) is 0.916. The summed E-state index contributed by atoms with van der Waals surface area (Å²) in [6, 6.07) is 11.3. The van der Waals surface area contributed by atoms with Gasteiger partial charge in [0, 0.05) is 30.1 Å². The van der Waals surface area contributed by atoms with Crippen molar-refractivity contribution >= 4 is 16.7 Å². The largest absolute Gasteiger partial charge is 0.353 e. The van der Waals surface area contributed by atoms with Crippen LogP contribution in [0, 0.1) is 5.92 Å². The molecule has 0 spiro atoms. The number of para-hydroxylation sites is 1. The molecule has 1 saturated carbocycles. The lowest BCUT2D eigenvalue weighted by Gasteiger charge is -2.33. The van der Waals surface area contributed by atoms with Gasteiger partial charge in [-0.2, -0.15) is 0 Å². The van der Waals surface area contributed by atoms with E-state index in [9.17, 15) is 0 Å². The van der Waals surface area contributed by atoms with E-state index in [1.807, 2.05) is 0 Å². The highest BCUT2D eigenvalue weighted by atomic mass is 15.2. The highest BCUT2D eigenvalue weighted by Crippen LogP contribution is 2.39. The average Bonchev–Trinajstić information content (AvgIpc) is 2.97. The molecule has 3 heteroatoms. The first-order valence-electron chi connectivity index (χ1n) is 8.22. The molecule has 2 N–H and O–H groups in total. The van der Waals surface area contributed by atoms with E-state index in [2.05, 4.69) is 35.2 Å². The summed E-state index contributed by atoms with van der Waals surface area (Å²) >= 11 is 0. The third-order valence-corrected chi connectivity index (χ3v) is 5.28. The molecular formula is C18H23N3. The number of pyridine rings is 1. The van der Waals surface area contributed by atoms with E-state index < -0.39 is 0 Å². The number of benzene rings is 1. The first-order chi connectivity index (χ1) is 10.4. The standard InChI is InChI=1S/C18H23N3/c19-12-15-11-14-6-1-3-7-16(14)20-18(15)21-10-9-13-5-2-4-8-17(13)21/h1,3,6-7,11,13,17H,2,4-5,8-10,12,19H2. The van der Waals surface area contributed by atoms with Gasteiger partial charge in [-0.05, 0) is 37.3 Å². The Kier molecular flexibility index (Phi) is 3.30. The van der Waals surface area contributed by atoms with Crippen molar-refractivity contribution in [3.8, 4) is 0 Å². The predicted octanol–water partition coefficient (Wildman–Crippen LogP) is 3.46. The van der Waals surface area contributed by atoms with Crippen molar-refractivity contribution in [2.45, 2.75) is 44.7 Å². The summed E-state index contributed by atoms with van der Waals surface area (Å²) in [4.78, 5) is 7.52. The molecule has 1 aromatic carbocycles. The zero-order valence-corrected chi connectivity index (χ0v) is 12.5. The lowest BCUT2D eigenvalue weighted by Crippen LogP contribution is -2.36. The number of fused-ring (bicyclic) bond motifs is 2. The van der Waals surface area contributed by atoms with Crippen molar-refractivity contribution in [2.75, 3.05) is 11.4 Å². The van der Waals surface area contributed by atoms with E-state index in [-0.39, 0.29) is 0 Å². The molecular weight excluding hydrogens is 258 g/mol. The van der Waals surface area contributed by atoms with Crippen LogP contribution in [0.3, 0.4) is 0 Å². The average molecular weight is 281 g/mol. The van der Waals surface area contributed by atoms with Crippen molar-refractivity contribution in [1.29, 1.82) is 0 Å². The Morgan fingerprint density at radius 3 is 2.90 bits per heavy atom. The Balaban J connectivity index is 1.78. The highest BCUT2D eigenvalue weighted by molar-refractivity contribution is 5.82. The van der Waals surface area contributed by atoms with Gasteiger partial charge in [0.2, 0.25) is 0 Å². The summed E-state index contributed by atoms with van der Waals surface area (Å²) in [5.41, 5.74) is 8.29. The predicted molar refractivity (Wildman–Crippen MR) is 87.3 cm³/mol. The number of nitrogens with zero attached hydrogens (tertiary/aromatic N) is 2. The molecule has 1 aromatic heterocycles. The van der Waals surface area contributed by atoms with E-state index >= 15 is 0 Å². The van der Waals surface area contributed by atoms with Gasteiger partial charge >= 0.3 is 0 Å². The third kappa shape index (κ3) is 2.20. The molecule has 1 saturated heterocycles. The first-order valence-corrected chi connectivity index (χ1v) is 8.22. The fourth-order valence-corrected chi connectivity index (χ4v) is 4.22. The minimum absolute atomic E-state index is 0.570. The molecule has 0 amide bonds. The molecule has 110 valence electrons. The maximum Gasteiger partial charge on any atom is 0.134 e. The molecule has 21 heavy (non-hydrogen) atoms. The van der Waals surface area contributed by atoms with Crippen LogP contribution in [0.5, 0.6) is 0 Å². The molecule has 0 radical (unpaired) electrons. The molecule has 0 bridgehead atoms. The molecule has 2 atom stereocenters. The first kappa shape index (κ1) is 13.1. The molecule has 2 fully saturated rings. The topological polar surface area (TPSA) is 42.1 Å². The Bertz CT molecular complexity index is 652. The second-order valence-electron chi connectivity index (χ2n) is 6.46. The number of hydrogen-bond acceptors (Lipinski definition) is 3. The normalized spacial score (nSPS) is 25.3. The van der Waals surface area contributed by atoms with E-state index in [0.29, 0.717) is 12.6 Å². The molecule has 2 heterocycles. The van der Waals surface area contributed by atoms with E-state index in [4.69, 9.17) is 10.7 Å². The molecule has 2 unspecified atom stereocenters. The number of nitrogens with two attached hydrogens (primary N) is 1. The van der Waals surface area contributed by atoms with Crippen LogP contribution in [-0.2, 0) is 6.54 Å². The molecule has 3 nitrogen and oxygen atoms in total. The van der Waals surface area contributed by atoms with Crippen LogP contribution in [0.1, 0.15) is 37.7 Å². The van der Waals surface area contributed by atoms with Crippen LogP contribution in [0.15, 0.2) is 30.3 Å². The van der Waals surface area contributed by atoms with Gasteiger partial charge in [-0.15, -0.1) is 0 Å². The molecule has 2 aliphatic rings. The Hall–Kier alpha value is -1.61. The van der Waals surface area contributed by atoms with Crippen molar-refractivity contribution in [3.05, 3.63) is 35.9 Å². The summed E-state index contributed by atoms with van der Waals surface area (Å²) < 4.78 is 0. The molecule has 1 aliphatic carbocycles. The van der Waals surface area contributed by atoms with Crippen LogP contribution in [0.4, 0.5) is 5.82 Å². The third-order valence-electron chi connectivity index (χ3n) is 5.28. The van der Waals surface area contributed by atoms with Crippen molar-refractivity contribution in [3.63, 3.8) is 0 Å². The van der Waals surface area contributed by atoms with Gasteiger partial charge in [0.05, 0.1) is 5.52 Å². The maximum absolute atomic E-state index is 6.01. The van der Waals surface area contributed by atoms with Crippen molar-refractivity contribution in [1.82, 2.24) is 4.98 Å². The van der Waals surface area contributed by atoms with Crippen LogP contribution >= 0.6 is 0 Å². The minimum Gasteiger partial charge on any atom is -0.353 e. The second kappa shape index (κ2) is 5.30. The van der Waals surface area contributed by atoms with Gasteiger partial charge in [-0.25, -0.2) is 4.98 Å². The smallest absolute Gasteiger partial charge is 0.134 e. The van der Waals surface area contributed by atoms with Gasteiger partial charge in [-0.1, -0.05) is 31.0 Å². The maximum atomic E-state index is 6.01. The number of rotatable bonds is 2. The fourth-order valence-electron chi connectivity index (χ4n) is 4.22. The van der Waals surface area contributed by atoms with Crippen LogP contribution in [-0.4, -0.2) is 17.6 Å². The monoisotopic (exact) mass is 281 g/mol. The second-order valence-corrected chi connectivity index (χ2v) is 6.46. The van der Waals surface area contributed by atoms with E-state index in [0.717, 1.165) is 23.8 Å². The fraction of sp³-hybridized carbons (Fsp3) is 0.500. The van der Waals surface area contributed by atoms with Gasteiger partial charge in [0.25, 0.3) is 0 Å². The summed E-state index contributed by atoms with van der Waals surface area (Å²) in [5.74, 6) is 2.02. The summed E-state index contributed by atoms with van der Waals surface area (Å²) in [6.07, 6.45) is 6.81. The Morgan fingerprint density at radius 1 is 1.14 bits per heavy atom. The molecule has 1 aliphatic heterocycles. The summed E-state index contributed by atoms with van der Waals surface area (Å²) in [5, 5.41) is 1.20. The van der Waals surface area contributed by atoms with Crippen molar-refractivity contribution in [2.24, 2.45) is 11.7 Å². The lowest BCUT2D eigenvalue weighted by atomic mass is 9.85. The van der Waals surface area contributed by atoms with Gasteiger partial charge < -0.3 is 10.6 Å². The van der Waals surface area contributed by atoms with Crippen LogP contribution in [0.25, 0.3) is 10.9 Å². The SMILES string of the molecule is NCc1cc2ccccc2nc1N1CCC2CCCCC21. The lowest BCUT2D eigenvalue weighted by molar-refractivity contribution is 0.341. The number of hydrogen-bond donors (Lipinski definition) is 1. The van der Waals surface area contributed by atoms with Gasteiger partial charge in [0.15, 0.2) is 0 Å². The van der Waals surface area contributed by atoms with Crippen LogP contribution < -0.4 is 10.6 Å². The summed E-state index contributed by atoms with van der Waals surface area (Å²) in [7, 11) is 0. The van der Waals surface area contributed by atoms with Gasteiger partial charge in [-0.3, -0.25) is 0 Å². The molecule has 2 aromatic rings. The van der Waals surface area contributed by atoms with Crippen molar-refractivity contribution < 1.29 is 0 Å². The zero-order valence-electron chi connectivity index (χ0n) is 12.5.